The molecule has 0 bridgehead atoms. The van der Waals surface area contributed by atoms with Crippen LogP contribution in [-0.2, 0) is 9.53 Å². The van der Waals surface area contributed by atoms with Crippen molar-refractivity contribution in [3.8, 4) is 17.2 Å². The Bertz CT molecular complexity index is 862. The first-order valence-electron chi connectivity index (χ1n) is 8.98. The predicted molar refractivity (Wildman–Crippen MR) is 111 cm³/mol. The number of methoxy groups -OCH3 is 3. The quantitative estimate of drug-likeness (QED) is 0.535. The number of carbonyl (C=O) groups excluding carboxylic acids is 2. The third kappa shape index (κ3) is 6.00. The first-order chi connectivity index (χ1) is 13.9. The molecule has 2 aromatic carbocycles. The van der Waals surface area contributed by atoms with Crippen LogP contribution in [0.3, 0.4) is 0 Å². The van der Waals surface area contributed by atoms with Crippen LogP contribution in [0.5, 0.6) is 17.2 Å². The van der Waals surface area contributed by atoms with Gasteiger partial charge in [-0.05, 0) is 61.9 Å². The Kier molecular flexibility index (Phi) is 7.65. The van der Waals surface area contributed by atoms with Gasteiger partial charge in [-0.1, -0.05) is 0 Å². The molecule has 7 heteroatoms. The monoisotopic (exact) mass is 399 g/mol. The zero-order valence-corrected chi connectivity index (χ0v) is 17.1. The molecule has 0 aliphatic rings. The van der Waals surface area contributed by atoms with Gasteiger partial charge >= 0.3 is 5.97 Å². The van der Waals surface area contributed by atoms with Crippen LogP contribution >= 0.6 is 0 Å². The Labute approximate surface area is 170 Å². The highest BCUT2D eigenvalue weighted by Crippen LogP contribution is 2.38. The summed E-state index contributed by atoms with van der Waals surface area (Å²) in [6.45, 7) is 3.57. The molecule has 2 aromatic rings. The SMILES string of the molecule is COc1cc(/C=C/C(=O)Nc2ccc(C(=O)OC(C)C)cc2)cc(OC)c1OC. The topological polar surface area (TPSA) is 83.1 Å². The number of anilines is 1. The minimum absolute atomic E-state index is 0.192. The number of ether oxygens (including phenoxy) is 4. The number of carbonyl (C=O) groups is 2. The van der Waals surface area contributed by atoms with Gasteiger partial charge in [0.15, 0.2) is 11.5 Å². The van der Waals surface area contributed by atoms with E-state index in [2.05, 4.69) is 5.32 Å². The molecule has 0 unspecified atom stereocenters. The van der Waals surface area contributed by atoms with E-state index in [0.29, 0.717) is 34.1 Å². The van der Waals surface area contributed by atoms with E-state index in [0.717, 1.165) is 0 Å². The van der Waals surface area contributed by atoms with Crippen LogP contribution in [0.15, 0.2) is 42.5 Å². The first-order valence-corrected chi connectivity index (χ1v) is 8.98. The molecular formula is C22H25NO6. The van der Waals surface area contributed by atoms with Crippen LogP contribution < -0.4 is 19.5 Å². The summed E-state index contributed by atoms with van der Waals surface area (Å²) in [6.07, 6.45) is 2.83. The second-order valence-corrected chi connectivity index (χ2v) is 6.31. The zero-order valence-electron chi connectivity index (χ0n) is 17.1. The van der Waals surface area contributed by atoms with Crippen LogP contribution in [0.2, 0.25) is 0 Å². The van der Waals surface area contributed by atoms with E-state index < -0.39 is 5.97 Å². The number of nitrogens with one attached hydrogen (secondary N) is 1. The van der Waals surface area contributed by atoms with Crippen LogP contribution in [0.1, 0.15) is 29.8 Å². The summed E-state index contributed by atoms with van der Waals surface area (Å²) in [7, 11) is 4.58. The molecule has 7 nitrogen and oxygen atoms in total. The molecule has 0 saturated heterocycles. The smallest absolute Gasteiger partial charge is 0.338 e. The molecule has 154 valence electrons. The average Bonchev–Trinajstić information content (AvgIpc) is 2.71. The fourth-order valence-electron chi connectivity index (χ4n) is 2.53. The van der Waals surface area contributed by atoms with E-state index in [4.69, 9.17) is 18.9 Å². The number of amides is 1. The zero-order chi connectivity index (χ0) is 21.4. The molecule has 0 heterocycles. The summed E-state index contributed by atoms with van der Waals surface area (Å²) in [5.74, 6) is 0.746. The molecule has 0 saturated carbocycles. The lowest BCUT2D eigenvalue weighted by atomic mass is 10.1. The molecule has 0 aliphatic heterocycles. The molecule has 0 radical (unpaired) electrons. The van der Waals surface area contributed by atoms with E-state index in [-0.39, 0.29) is 12.0 Å². The van der Waals surface area contributed by atoms with E-state index >= 15 is 0 Å². The first kappa shape index (κ1) is 21.8. The number of hydrogen-bond donors (Lipinski definition) is 1. The Morgan fingerprint density at radius 3 is 2.00 bits per heavy atom. The summed E-state index contributed by atoms with van der Waals surface area (Å²) in [6, 6.07) is 9.96. The molecule has 0 fully saturated rings. The van der Waals surface area contributed by atoms with E-state index in [1.54, 1.807) is 56.3 Å². The van der Waals surface area contributed by atoms with Crippen molar-refractivity contribution in [2.75, 3.05) is 26.6 Å². The maximum Gasteiger partial charge on any atom is 0.338 e. The molecule has 0 aromatic heterocycles. The number of esters is 1. The molecule has 1 amide bonds. The fourth-order valence-corrected chi connectivity index (χ4v) is 2.53. The van der Waals surface area contributed by atoms with Crippen molar-refractivity contribution in [1.82, 2.24) is 0 Å². The van der Waals surface area contributed by atoms with Gasteiger partial charge in [0.1, 0.15) is 0 Å². The lowest BCUT2D eigenvalue weighted by Gasteiger charge is -2.12. The summed E-state index contributed by atoms with van der Waals surface area (Å²) in [5.41, 5.74) is 1.69. The molecular weight excluding hydrogens is 374 g/mol. The Hall–Kier alpha value is -3.48. The summed E-state index contributed by atoms with van der Waals surface area (Å²) in [5, 5.41) is 2.73. The minimum Gasteiger partial charge on any atom is -0.493 e. The Morgan fingerprint density at radius 2 is 1.52 bits per heavy atom. The highest BCUT2D eigenvalue weighted by molar-refractivity contribution is 6.02. The maximum absolute atomic E-state index is 12.2. The minimum atomic E-state index is -0.403. The van der Waals surface area contributed by atoms with Crippen molar-refractivity contribution in [1.29, 1.82) is 0 Å². The van der Waals surface area contributed by atoms with Crippen molar-refractivity contribution < 1.29 is 28.5 Å². The average molecular weight is 399 g/mol. The van der Waals surface area contributed by atoms with Gasteiger partial charge in [0, 0.05) is 11.8 Å². The number of rotatable bonds is 8. The highest BCUT2D eigenvalue weighted by atomic mass is 16.5. The third-order valence-electron chi connectivity index (χ3n) is 3.85. The Morgan fingerprint density at radius 1 is 0.931 bits per heavy atom. The van der Waals surface area contributed by atoms with Gasteiger partial charge in [-0.2, -0.15) is 0 Å². The van der Waals surface area contributed by atoms with E-state index in [9.17, 15) is 9.59 Å². The van der Waals surface area contributed by atoms with Crippen LogP contribution in [-0.4, -0.2) is 39.3 Å². The van der Waals surface area contributed by atoms with Gasteiger partial charge in [0.25, 0.3) is 0 Å². The second kappa shape index (κ2) is 10.2. The largest absolute Gasteiger partial charge is 0.493 e. The van der Waals surface area contributed by atoms with Crippen LogP contribution in [0.25, 0.3) is 6.08 Å². The van der Waals surface area contributed by atoms with Crippen molar-refractivity contribution in [2.45, 2.75) is 20.0 Å². The molecule has 1 N–H and O–H groups in total. The van der Waals surface area contributed by atoms with Gasteiger partial charge in [-0.15, -0.1) is 0 Å². The number of benzene rings is 2. The molecule has 29 heavy (non-hydrogen) atoms. The van der Waals surface area contributed by atoms with Gasteiger partial charge in [-0.25, -0.2) is 4.79 Å². The predicted octanol–water partition coefficient (Wildman–Crippen LogP) is 3.93. The lowest BCUT2D eigenvalue weighted by molar-refractivity contribution is -0.111. The van der Waals surface area contributed by atoms with Gasteiger partial charge in [0.05, 0.1) is 33.0 Å². The van der Waals surface area contributed by atoms with Gasteiger partial charge in [0.2, 0.25) is 11.7 Å². The van der Waals surface area contributed by atoms with Crippen molar-refractivity contribution in [3.05, 3.63) is 53.6 Å². The second-order valence-electron chi connectivity index (χ2n) is 6.31. The third-order valence-corrected chi connectivity index (χ3v) is 3.85. The van der Waals surface area contributed by atoms with Crippen molar-refractivity contribution in [3.63, 3.8) is 0 Å². The van der Waals surface area contributed by atoms with Gasteiger partial charge < -0.3 is 24.3 Å². The van der Waals surface area contributed by atoms with Crippen molar-refractivity contribution >= 4 is 23.6 Å². The molecule has 2 rings (SSSR count). The van der Waals surface area contributed by atoms with Crippen LogP contribution in [0.4, 0.5) is 5.69 Å². The van der Waals surface area contributed by atoms with E-state index in [1.165, 1.54) is 27.4 Å². The highest BCUT2D eigenvalue weighted by Gasteiger charge is 2.12. The molecule has 0 atom stereocenters. The van der Waals surface area contributed by atoms with E-state index in [1.807, 2.05) is 0 Å². The van der Waals surface area contributed by atoms with Crippen molar-refractivity contribution in [2.24, 2.45) is 0 Å². The Balaban J connectivity index is 2.07. The normalized spacial score (nSPS) is 10.7. The molecule has 0 spiro atoms. The lowest BCUT2D eigenvalue weighted by Crippen LogP contribution is -2.12. The fraction of sp³-hybridized carbons (Fsp3) is 0.273. The molecule has 0 aliphatic carbocycles. The maximum atomic E-state index is 12.2. The summed E-state index contributed by atoms with van der Waals surface area (Å²) < 4.78 is 21.0. The van der Waals surface area contributed by atoms with Gasteiger partial charge in [-0.3, -0.25) is 4.79 Å². The number of hydrogen-bond acceptors (Lipinski definition) is 6. The standard InChI is InChI=1S/C22H25NO6/c1-14(2)29-22(25)16-7-9-17(10-8-16)23-20(24)11-6-15-12-18(26-3)21(28-5)19(13-15)27-4/h6-14H,1-5H3,(H,23,24)/b11-6+. The summed E-state index contributed by atoms with van der Waals surface area (Å²) in [4.78, 5) is 24.1. The van der Waals surface area contributed by atoms with Crippen LogP contribution in [0, 0.1) is 0 Å². The summed E-state index contributed by atoms with van der Waals surface area (Å²) >= 11 is 0.